The summed E-state index contributed by atoms with van der Waals surface area (Å²) in [6.45, 7) is 0. The van der Waals surface area contributed by atoms with Crippen LogP contribution in [0.25, 0.3) is 11.3 Å². The van der Waals surface area contributed by atoms with Gasteiger partial charge >= 0.3 is 0 Å². The van der Waals surface area contributed by atoms with E-state index >= 15 is 0 Å². The first-order chi connectivity index (χ1) is 15.0. The van der Waals surface area contributed by atoms with Gasteiger partial charge in [-0.05, 0) is 48.0 Å². The Morgan fingerprint density at radius 2 is 1.77 bits per heavy atom. The summed E-state index contributed by atoms with van der Waals surface area (Å²) in [7, 11) is 6.19. The fourth-order valence-electron chi connectivity index (χ4n) is 2.86. The van der Waals surface area contributed by atoms with Crippen molar-refractivity contribution in [1.29, 1.82) is 5.26 Å². The van der Waals surface area contributed by atoms with Crippen LogP contribution in [-0.2, 0) is 7.05 Å². The molecule has 3 rings (SSSR count). The Morgan fingerprint density at radius 3 is 2.39 bits per heavy atom. The number of methoxy groups -OCH3 is 3. The Morgan fingerprint density at radius 1 is 1.06 bits per heavy atom. The molecule has 0 aliphatic heterocycles. The lowest BCUT2D eigenvalue weighted by Crippen LogP contribution is -2.24. The average molecular weight is 419 g/mol. The van der Waals surface area contributed by atoms with Crippen molar-refractivity contribution in [1.82, 2.24) is 9.55 Å². The highest BCUT2D eigenvalue weighted by Crippen LogP contribution is 2.27. The van der Waals surface area contributed by atoms with Gasteiger partial charge in [-0.25, -0.2) is 10.4 Å². The molecule has 0 saturated carbocycles. The zero-order valence-electron chi connectivity index (χ0n) is 17.5. The van der Waals surface area contributed by atoms with Gasteiger partial charge in [0.05, 0.1) is 33.2 Å². The van der Waals surface area contributed by atoms with Gasteiger partial charge in [-0.2, -0.15) is 10.4 Å². The summed E-state index contributed by atoms with van der Waals surface area (Å²) in [5.74, 6) is 2.01. The van der Waals surface area contributed by atoms with Crippen molar-refractivity contribution in [2.75, 3.05) is 26.8 Å². The van der Waals surface area contributed by atoms with E-state index in [4.69, 9.17) is 14.2 Å². The van der Waals surface area contributed by atoms with Gasteiger partial charge in [-0.3, -0.25) is 9.36 Å². The Labute approximate surface area is 179 Å². The standard InChI is InChI=1S/C22H21N5O4/c1-27-21(28)17(12-23)20(15-6-8-16(29-2)9-7-15)25-22(27)26-24-13-14-5-10-18(30-3)19(11-14)31-4/h5-11,13H,1-4H3,(H,25,26)/b24-13+. The van der Waals surface area contributed by atoms with E-state index in [0.717, 1.165) is 5.56 Å². The Bertz CT molecular complexity index is 1210. The lowest BCUT2D eigenvalue weighted by Gasteiger charge is -2.11. The van der Waals surface area contributed by atoms with Gasteiger partial charge in [0.2, 0.25) is 5.95 Å². The second-order valence-electron chi connectivity index (χ2n) is 6.35. The van der Waals surface area contributed by atoms with E-state index in [9.17, 15) is 10.1 Å². The molecule has 3 aromatic rings. The van der Waals surface area contributed by atoms with Gasteiger partial charge in [-0.1, -0.05) is 0 Å². The molecule has 2 aromatic carbocycles. The Hall–Kier alpha value is -4.32. The van der Waals surface area contributed by atoms with E-state index in [0.29, 0.717) is 22.8 Å². The monoisotopic (exact) mass is 419 g/mol. The van der Waals surface area contributed by atoms with E-state index in [2.05, 4.69) is 15.5 Å². The van der Waals surface area contributed by atoms with Crippen LogP contribution in [0.5, 0.6) is 17.2 Å². The van der Waals surface area contributed by atoms with Crippen molar-refractivity contribution in [2.24, 2.45) is 12.1 Å². The molecule has 0 amide bonds. The molecule has 1 heterocycles. The summed E-state index contributed by atoms with van der Waals surface area (Å²) in [4.78, 5) is 17.1. The highest BCUT2D eigenvalue weighted by atomic mass is 16.5. The maximum absolute atomic E-state index is 12.7. The zero-order chi connectivity index (χ0) is 22.4. The SMILES string of the molecule is COc1ccc(-c2nc(N/N=C/c3ccc(OC)c(OC)c3)n(C)c(=O)c2C#N)cc1. The quantitative estimate of drug-likeness (QED) is 0.463. The van der Waals surface area contributed by atoms with Crippen LogP contribution in [0.15, 0.2) is 52.4 Å². The molecule has 0 aliphatic carbocycles. The van der Waals surface area contributed by atoms with E-state index in [1.54, 1.807) is 70.0 Å². The van der Waals surface area contributed by atoms with Crippen molar-refractivity contribution in [2.45, 2.75) is 0 Å². The number of hydrogen-bond acceptors (Lipinski definition) is 8. The number of hydrazone groups is 1. The highest BCUT2D eigenvalue weighted by Gasteiger charge is 2.16. The fourth-order valence-corrected chi connectivity index (χ4v) is 2.86. The van der Waals surface area contributed by atoms with Crippen molar-refractivity contribution in [3.05, 3.63) is 63.9 Å². The van der Waals surface area contributed by atoms with Crippen LogP contribution in [-0.4, -0.2) is 37.1 Å². The van der Waals surface area contributed by atoms with Crippen LogP contribution in [0.4, 0.5) is 5.95 Å². The van der Waals surface area contributed by atoms with Crippen LogP contribution in [0.2, 0.25) is 0 Å². The second-order valence-corrected chi connectivity index (χ2v) is 6.35. The van der Waals surface area contributed by atoms with E-state index in [1.807, 2.05) is 6.07 Å². The molecular formula is C22H21N5O4. The van der Waals surface area contributed by atoms with Crippen LogP contribution >= 0.6 is 0 Å². The van der Waals surface area contributed by atoms with Crippen molar-refractivity contribution in [3.8, 4) is 34.6 Å². The third-order valence-electron chi connectivity index (χ3n) is 4.55. The molecule has 0 spiro atoms. The number of anilines is 1. The molecule has 0 bridgehead atoms. The van der Waals surface area contributed by atoms with Gasteiger partial charge in [-0.15, -0.1) is 0 Å². The summed E-state index contributed by atoms with van der Waals surface area (Å²) in [6.07, 6.45) is 1.55. The first-order valence-corrected chi connectivity index (χ1v) is 9.19. The van der Waals surface area contributed by atoms with Crippen LogP contribution in [0, 0.1) is 11.3 Å². The van der Waals surface area contributed by atoms with Crippen molar-refractivity contribution in [3.63, 3.8) is 0 Å². The third-order valence-corrected chi connectivity index (χ3v) is 4.55. The summed E-state index contributed by atoms with van der Waals surface area (Å²) in [5.41, 5.74) is 3.86. The number of nitrogens with zero attached hydrogens (tertiary/aromatic N) is 4. The first kappa shape index (κ1) is 21.4. The lowest BCUT2D eigenvalue weighted by molar-refractivity contribution is 0.355. The molecule has 31 heavy (non-hydrogen) atoms. The topological polar surface area (TPSA) is 111 Å². The highest BCUT2D eigenvalue weighted by molar-refractivity contribution is 5.81. The molecule has 9 heteroatoms. The Balaban J connectivity index is 1.94. The number of nitriles is 1. The number of hydrogen-bond donors (Lipinski definition) is 1. The molecule has 0 unspecified atom stereocenters. The minimum absolute atomic E-state index is 0.0536. The number of aromatic nitrogens is 2. The summed E-state index contributed by atoms with van der Waals surface area (Å²) >= 11 is 0. The van der Waals surface area contributed by atoms with Gasteiger partial charge in [0, 0.05) is 12.6 Å². The molecule has 0 fully saturated rings. The fraction of sp³-hybridized carbons (Fsp3) is 0.182. The van der Waals surface area contributed by atoms with Crippen LogP contribution in [0.3, 0.4) is 0 Å². The third kappa shape index (κ3) is 4.48. The summed E-state index contributed by atoms with van der Waals surface area (Å²) in [6, 6.07) is 14.2. The molecule has 1 N–H and O–H groups in total. The number of nitrogens with one attached hydrogen (secondary N) is 1. The van der Waals surface area contributed by atoms with E-state index < -0.39 is 5.56 Å². The minimum Gasteiger partial charge on any atom is -0.497 e. The smallest absolute Gasteiger partial charge is 0.273 e. The van der Waals surface area contributed by atoms with Gasteiger partial charge in [0.15, 0.2) is 11.5 Å². The van der Waals surface area contributed by atoms with Gasteiger partial charge in [0.25, 0.3) is 5.56 Å². The molecule has 158 valence electrons. The van der Waals surface area contributed by atoms with E-state index in [-0.39, 0.29) is 17.2 Å². The second kappa shape index (κ2) is 9.45. The summed E-state index contributed by atoms with van der Waals surface area (Å²) < 4.78 is 16.9. The molecule has 0 atom stereocenters. The molecule has 0 radical (unpaired) electrons. The maximum Gasteiger partial charge on any atom is 0.273 e. The molecule has 9 nitrogen and oxygen atoms in total. The average Bonchev–Trinajstić information content (AvgIpc) is 2.81. The summed E-state index contributed by atoms with van der Waals surface area (Å²) in [5, 5.41) is 13.7. The van der Waals surface area contributed by atoms with E-state index in [1.165, 1.54) is 11.6 Å². The molecule has 0 aliphatic rings. The predicted octanol–water partition coefficient (Wildman–Crippen LogP) is 2.79. The molecule has 1 aromatic heterocycles. The largest absolute Gasteiger partial charge is 0.497 e. The lowest BCUT2D eigenvalue weighted by atomic mass is 10.1. The number of rotatable bonds is 7. The van der Waals surface area contributed by atoms with Gasteiger partial charge in [0.1, 0.15) is 17.4 Å². The molecular weight excluding hydrogens is 398 g/mol. The number of benzene rings is 2. The van der Waals surface area contributed by atoms with Crippen molar-refractivity contribution >= 4 is 12.2 Å². The minimum atomic E-state index is -0.480. The maximum atomic E-state index is 12.7. The Kier molecular flexibility index (Phi) is 6.52. The predicted molar refractivity (Wildman–Crippen MR) is 117 cm³/mol. The molecule has 0 saturated heterocycles. The van der Waals surface area contributed by atoms with Crippen LogP contribution < -0.4 is 25.2 Å². The zero-order valence-corrected chi connectivity index (χ0v) is 17.5. The normalized spacial score (nSPS) is 10.5. The van der Waals surface area contributed by atoms with Crippen LogP contribution in [0.1, 0.15) is 11.1 Å². The van der Waals surface area contributed by atoms with Gasteiger partial charge < -0.3 is 14.2 Å². The van der Waals surface area contributed by atoms with Crippen molar-refractivity contribution < 1.29 is 14.2 Å². The first-order valence-electron chi connectivity index (χ1n) is 9.19. The number of ether oxygens (including phenoxy) is 3.